The molecule has 0 spiro atoms. The second-order valence-corrected chi connectivity index (χ2v) is 2.80. The van der Waals surface area contributed by atoms with Gasteiger partial charge in [-0.1, -0.05) is 39.5 Å². The van der Waals surface area contributed by atoms with Crippen molar-refractivity contribution in [3.63, 3.8) is 0 Å². The van der Waals surface area contributed by atoms with Crippen LogP contribution in [-0.4, -0.2) is 22.2 Å². The molecule has 0 heterocycles. The van der Waals surface area contributed by atoms with Crippen LogP contribution in [0, 0.1) is 0 Å². The Bertz CT molecular complexity index is 45.4. The molecule has 0 bridgehead atoms. The summed E-state index contributed by atoms with van der Waals surface area (Å²) in [5.74, 6) is 0. The molecule has 4 nitrogen and oxygen atoms in total. The SMILES string of the molecule is CC(C)O.CCCCCC.N.O.O. The number of unbranched alkanes of at least 4 members (excludes halogenated alkanes) is 3. The minimum Gasteiger partial charge on any atom is -0.412 e. The van der Waals surface area contributed by atoms with Crippen LogP contribution in [0.15, 0.2) is 0 Å². The molecule has 0 aromatic heterocycles. The van der Waals surface area contributed by atoms with E-state index in [1.54, 1.807) is 13.8 Å². The number of rotatable bonds is 3. The topological polar surface area (TPSA) is 118 Å². The van der Waals surface area contributed by atoms with Crippen molar-refractivity contribution < 1.29 is 16.1 Å². The Hall–Kier alpha value is -0.160. The third kappa shape index (κ3) is 142. The van der Waals surface area contributed by atoms with Gasteiger partial charge in [0.15, 0.2) is 0 Å². The van der Waals surface area contributed by atoms with Crippen molar-refractivity contribution in [3.05, 3.63) is 0 Å². The molecule has 0 fully saturated rings. The number of hydrogen-bond acceptors (Lipinski definition) is 2. The van der Waals surface area contributed by atoms with Crippen molar-refractivity contribution in [1.82, 2.24) is 6.15 Å². The molecule has 0 atom stereocenters. The van der Waals surface area contributed by atoms with E-state index in [1.807, 2.05) is 0 Å². The second-order valence-electron chi connectivity index (χ2n) is 2.80. The highest BCUT2D eigenvalue weighted by atomic mass is 16.3. The van der Waals surface area contributed by atoms with Crippen LogP contribution >= 0.6 is 0 Å². The van der Waals surface area contributed by atoms with Gasteiger partial charge >= 0.3 is 0 Å². The smallest absolute Gasteiger partial charge is 0.0483 e. The lowest BCUT2D eigenvalue weighted by Gasteiger charge is -1.86. The van der Waals surface area contributed by atoms with Crippen LogP contribution < -0.4 is 6.15 Å². The largest absolute Gasteiger partial charge is 0.412 e. The summed E-state index contributed by atoms with van der Waals surface area (Å²) in [5.41, 5.74) is 0. The Morgan fingerprint density at radius 1 is 0.923 bits per heavy atom. The van der Waals surface area contributed by atoms with Gasteiger partial charge in [-0.15, -0.1) is 0 Å². The van der Waals surface area contributed by atoms with E-state index >= 15 is 0 Å². The number of hydrogen-bond donors (Lipinski definition) is 2. The molecule has 13 heavy (non-hydrogen) atoms. The molecule has 88 valence electrons. The van der Waals surface area contributed by atoms with Crippen LogP contribution in [0.25, 0.3) is 0 Å². The summed E-state index contributed by atoms with van der Waals surface area (Å²) in [6, 6.07) is 0. The van der Waals surface area contributed by atoms with Crippen LogP contribution in [0.2, 0.25) is 0 Å². The Morgan fingerprint density at radius 3 is 1.15 bits per heavy atom. The lowest BCUT2D eigenvalue weighted by molar-refractivity contribution is 0.216. The van der Waals surface area contributed by atoms with E-state index in [1.165, 1.54) is 25.7 Å². The molecule has 0 aliphatic heterocycles. The van der Waals surface area contributed by atoms with Crippen molar-refractivity contribution in [2.24, 2.45) is 0 Å². The standard InChI is InChI=1S/C6H14.C3H8O.H3N.2H2O/c1-3-5-6-4-2;1-3(2)4;;;/h3-6H2,1-2H3;3-4H,1-2H3;1H3;2*1H2. The maximum absolute atomic E-state index is 8.06. The zero-order valence-electron chi connectivity index (χ0n) is 9.56. The van der Waals surface area contributed by atoms with E-state index in [0.29, 0.717) is 0 Å². The monoisotopic (exact) mass is 199 g/mol. The predicted octanol–water partition coefficient (Wildman–Crippen LogP) is 1.49. The Labute approximate surface area is 82.6 Å². The van der Waals surface area contributed by atoms with Gasteiger partial charge in [0.25, 0.3) is 0 Å². The fourth-order valence-corrected chi connectivity index (χ4v) is 0.500. The van der Waals surface area contributed by atoms with Crippen molar-refractivity contribution in [2.75, 3.05) is 0 Å². The van der Waals surface area contributed by atoms with E-state index in [-0.39, 0.29) is 23.2 Å². The summed E-state index contributed by atoms with van der Waals surface area (Å²) in [4.78, 5) is 0. The first-order valence-electron chi connectivity index (χ1n) is 4.33. The molecule has 8 N–H and O–H groups in total. The fraction of sp³-hybridized carbons (Fsp3) is 1.00. The highest BCUT2D eigenvalue weighted by molar-refractivity contribution is 4.31. The molecule has 0 saturated carbocycles. The Balaban J connectivity index is -0.0000000279. The molecular weight excluding hydrogens is 170 g/mol. The molecule has 0 radical (unpaired) electrons. The summed E-state index contributed by atoms with van der Waals surface area (Å²) in [6.45, 7) is 7.91. The first-order chi connectivity index (χ1) is 4.65. The van der Waals surface area contributed by atoms with Crippen molar-refractivity contribution >= 4 is 0 Å². The average molecular weight is 199 g/mol. The number of aliphatic hydroxyl groups excluding tert-OH is 1. The van der Waals surface area contributed by atoms with Crippen molar-refractivity contribution in [1.29, 1.82) is 0 Å². The summed E-state index contributed by atoms with van der Waals surface area (Å²) >= 11 is 0. The maximum atomic E-state index is 8.06. The summed E-state index contributed by atoms with van der Waals surface area (Å²) in [5, 5.41) is 8.06. The van der Waals surface area contributed by atoms with Gasteiger partial charge in [-0.2, -0.15) is 0 Å². The van der Waals surface area contributed by atoms with Crippen LogP contribution in [0.3, 0.4) is 0 Å². The van der Waals surface area contributed by atoms with E-state index in [4.69, 9.17) is 5.11 Å². The first kappa shape index (κ1) is 29.3. The molecule has 0 unspecified atom stereocenters. The zero-order chi connectivity index (χ0) is 8.41. The molecule has 0 amide bonds. The van der Waals surface area contributed by atoms with Gasteiger partial charge in [0.2, 0.25) is 0 Å². The van der Waals surface area contributed by atoms with E-state index in [2.05, 4.69) is 13.8 Å². The van der Waals surface area contributed by atoms with Crippen LogP contribution in [0.5, 0.6) is 0 Å². The minimum atomic E-state index is -0.167. The molecule has 4 heteroatoms. The van der Waals surface area contributed by atoms with Gasteiger partial charge in [0.05, 0.1) is 0 Å². The first-order valence-corrected chi connectivity index (χ1v) is 4.33. The van der Waals surface area contributed by atoms with Gasteiger partial charge in [0.1, 0.15) is 0 Å². The average Bonchev–Trinajstić information content (AvgIpc) is 1.82. The molecule has 0 rings (SSSR count). The highest BCUT2D eigenvalue weighted by Gasteiger charge is 1.75. The van der Waals surface area contributed by atoms with Crippen LogP contribution in [0.4, 0.5) is 0 Å². The van der Waals surface area contributed by atoms with Crippen molar-refractivity contribution in [2.45, 2.75) is 59.5 Å². The van der Waals surface area contributed by atoms with Gasteiger partial charge in [-0.05, 0) is 13.8 Å². The van der Waals surface area contributed by atoms with Gasteiger partial charge < -0.3 is 22.2 Å². The second kappa shape index (κ2) is 29.7. The van der Waals surface area contributed by atoms with E-state index in [9.17, 15) is 0 Å². The molecule has 0 saturated heterocycles. The molecule has 0 aromatic carbocycles. The lowest BCUT2D eigenvalue weighted by Crippen LogP contribution is -1.85. The van der Waals surface area contributed by atoms with Gasteiger partial charge in [-0.3, -0.25) is 0 Å². The minimum absolute atomic E-state index is 0. The highest BCUT2D eigenvalue weighted by Crippen LogP contribution is 1.95. The Morgan fingerprint density at radius 2 is 1.08 bits per heavy atom. The summed E-state index contributed by atoms with van der Waals surface area (Å²) in [6.07, 6.45) is 5.37. The van der Waals surface area contributed by atoms with E-state index in [0.717, 1.165) is 0 Å². The predicted molar refractivity (Wildman–Crippen MR) is 59.4 cm³/mol. The molecule has 0 aliphatic carbocycles. The van der Waals surface area contributed by atoms with Crippen LogP contribution in [0.1, 0.15) is 53.4 Å². The third-order valence-corrected chi connectivity index (χ3v) is 0.957. The molecular formula is C9H29NO3. The van der Waals surface area contributed by atoms with Crippen molar-refractivity contribution in [3.8, 4) is 0 Å². The van der Waals surface area contributed by atoms with Gasteiger partial charge in [-0.25, -0.2) is 0 Å². The van der Waals surface area contributed by atoms with Crippen LogP contribution in [-0.2, 0) is 0 Å². The molecule has 0 aromatic rings. The summed E-state index contributed by atoms with van der Waals surface area (Å²) < 4.78 is 0. The number of aliphatic hydroxyl groups is 1. The zero-order valence-corrected chi connectivity index (χ0v) is 9.56. The van der Waals surface area contributed by atoms with Gasteiger partial charge in [0, 0.05) is 6.10 Å². The van der Waals surface area contributed by atoms with E-state index < -0.39 is 0 Å². The Kier molecular flexibility index (Phi) is 67.0. The fourth-order valence-electron chi connectivity index (χ4n) is 0.500. The maximum Gasteiger partial charge on any atom is 0.0483 e. The molecule has 0 aliphatic rings. The quantitative estimate of drug-likeness (QED) is 0.669. The third-order valence-electron chi connectivity index (χ3n) is 0.957. The lowest BCUT2D eigenvalue weighted by atomic mass is 10.2. The normalized spacial score (nSPS) is 6.92. The summed E-state index contributed by atoms with van der Waals surface area (Å²) in [7, 11) is 0.